The second kappa shape index (κ2) is 6.74. The highest BCUT2D eigenvalue weighted by Gasteiger charge is 2.15. The van der Waals surface area contributed by atoms with Crippen molar-refractivity contribution in [1.82, 2.24) is 4.31 Å². The van der Waals surface area contributed by atoms with Crippen LogP contribution in [-0.2, 0) is 13.9 Å². The highest BCUT2D eigenvalue weighted by molar-refractivity contribution is 7.92. The van der Waals surface area contributed by atoms with Gasteiger partial charge in [0.2, 0.25) is 0 Å². The fourth-order valence-electron chi connectivity index (χ4n) is 0.547. The number of nitrogens with zero attached hydrogens (tertiary/aromatic N) is 1. The lowest BCUT2D eigenvalue weighted by molar-refractivity contribution is -0.433. The molecule has 0 saturated heterocycles. The molecule has 9 heteroatoms. The van der Waals surface area contributed by atoms with E-state index in [0.717, 1.165) is 0 Å². The molecular weight excluding hydrogens is 221 g/mol. The molecule has 7 nitrogen and oxygen atoms in total. The van der Waals surface area contributed by atoms with E-state index in [4.69, 9.17) is 15.0 Å². The van der Waals surface area contributed by atoms with E-state index >= 15 is 0 Å². The second-order valence-corrected chi connectivity index (χ2v) is 4.71. The van der Waals surface area contributed by atoms with Crippen LogP contribution < -0.4 is 0 Å². The van der Waals surface area contributed by atoms with E-state index in [0.29, 0.717) is 18.8 Å². The molecule has 0 aromatic heterocycles. The molecule has 0 amide bonds. The Morgan fingerprint density at radius 1 is 1.54 bits per heavy atom. The topological polar surface area (TPSA) is 99.5 Å². The highest BCUT2D eigenvalue weighted by atomic mass is 32.2. The van der Waals surface area contributed by atoms with E-state index in [9.17, 15) is 4.57 Å². The van der Waals surface area contributed by atoms with E-state index in [1.807, 2.05) is 0 Å². The van der Waals surface area contributed by atoms with Crippen LogP contribution in [0.2, 0.25) is 0 Å². The van der Waals surface area contributed by atoms with Gasteiger partial charge in [-0.25, -0.2) is 9.56 Å². The fourth-order valence-corrected chi connectivity index (χ4v) is 1.57. The van der Waals surface area contributed by atoms with Crippen molar-refractivity contribution < 1.29 is 29.0 Å². The number of hydrogen-bond acceptors (Lipinski definition) is 6. The molecule has 0 bridgehead atoms. The van der Waals surface area contributed by atoms with Crippen LogP contribution in [0.15, 0.2) is 0 Å². The molecule has 80 valence electrons. The van der Waals surface area contributed by atoms with Crippen molar-refractivity contribution in [2.24, 2.45) is 0 Å². The average Bonchev–Trinajstić information content (AvgIpc) is 2.03. The SMILES string of the molecule is CCN(CCP(=O)(O)O)SOOO. The molecule has 0 aromatic carbocycles. The summed E-state index contributed by atoms with van der Waals surface area (Å²) in [5, 5.41) is 11.1. The van der Waals surface area contributed by atoms with Crippen molar-refractivity contribution in [3.8, 4) is 0 Å². The van der Waals surface area contributed by atoms with Gasteiger partial charge < -0.3 is 9.79 Å². The molecule has 0 aliphatic rings. The monoisotopic (exact) mass is 233 g/mol. The number of hydrogen-bond donors (Lipinski definition) is 3. The van der Waals surface area contributed by atoms with Crippen LogP contribution in [0.4, 0.5) is 0 Å². The Labute approximate surface area is 80.0 Å². The zero-order valence-electron chi connectivity index (χ0n) is 6.99. The maximum absolute atomic E-state index is 10.5. The quantitative estimate of drug-likeness (QED) is 0.192. The Morgan fingerprint density at radius 2 is 2.15 bits per heavy atom. The minimum atomic E-state index is -3.98. The Hall–Kier alpha value is 0.340. The van der Waals surface area contributed by atoms with Gasteiger partial charge in [0, 0.05) is 13.1 Å². The van der Waals surface area contributed by atoms with Gasteiger partial charge in [0.1, 0.15) is 12.2 Å². The first-order valence-corrected chi connectivity index (χ1v) is 5.93. The van der Waals surface area contributed by atoms with E-state index < -0.39 is 7.60 Å². The number of rotatable bonds is 7. The van der Waals surface area contributed by atoms with Crippen LogP contribution >= 0.6 is 19.8 Å². The predicted molar refractivity (Wildman–Crippen MR) is 46.5 cm³/mol. The molecule has 0 fully saturated rings. The van der Waals surface area contributed by atoms with Crippen molar-refractivity contribution >= 4 is 19.8 Å². The molecular formula is C4H12NO6PS. The molecule has 0 aliphatic carbocycles. The molecule has 0 rings (SSSR count). The van der Waals surface area contributed by atoms with E-state index in [1.165, 1.54) is 4.31 Å². The van der Waals surface area contributed by atoms with Crippen molar-refractivity contribution in [3.63, 3.8) is 0 Å². The van der Waals surface area contributed by atoms with Crippen LogP contribution in [0.25, 0.3) is 0 Å². The van der Waals surface area contributed by atoms with Crippen molar-refractivity contribution in [3.05, 3.63) is 0 Å². The van der Waals surface area contributed by atoms with Crippen molar-refractivity contribution in [2.45, 2.75) is 6.92 Å². The Bertz CT molecular complexity index is 174. The first kappa shape index (κ1) is 13.3. The minimum absolute atomic E-state index is 0.148. The molecule has 3 N–H and O–H groups in total. The van der Waals surface area contributed by atoms with E-state index in [2.05, 4.69) is 9.37 Å². The molecule has 0 aliphatic heterocycles. The summed E-state index contributed by atoms with van der Waals surface area (Å²) < 4.78 is 16.0. The molecule has 0 atom stereocenters. The van der Waals surface area contributed by atoms with Crippen LogP contribution in [-0.4, -0.2) is 38.6 Å². The molecule has 0 spiro atoms. The third kappa shape index (κ3) is 8.66. The first-order valence-electron chi connectivity index (χ1n) is 3.44. The van der Waals surface area contributed by atoms with Crippen molar-refractivity contribution in [2.75, 3.05) is 19.3 Å². The summed E-state index contributed by atoms with van der Waals surface area (Å²) >= 11 is 0.680. The summed E-state index contributed by atoms with van der Waals surface area (Å²) in [5.41, 5.74) is 0. The highest BCUT2D eigenvalue weighted by Crippen LogP contribution is 2.34. The third-order valence-electron chi connectivity index (χ3n) is 1.16. The van der Waals surface area contributed by atoms with Gasteiger partial charge >= 0.3 is 7.60 Å². The zero-order valence-corrected chi connectivity index (χ0v) is 8.70. The lowest BCUT2D eigenvalue weighted by Gasteiger charge is -2.15. The van der Waals surface area contributed by atoms with Crippen LogP contribution in [0.3, 0.4) is 0 Å². The Kier molecular flexibility index (Phi) is 6.92. The van der Waals surface area contributed by atoms with Gasteiger partial charge in [-0.1, -0.05) is 12.0 Å². The van der Waals surface area contributed by atoms with Gasteiger partial charge in [-0.3, -0.25) is 4.57 Å². The first-order chi connectivity index (χ1) is 5.99. The molecule has 0 radical (unpaired) electrons. The molecule has 0 aromatic rings. The summed E-state index contributed by atoms with van der Waals surface area (Å²) in [7, 11) is -3.98. The van der Waals surface area contributed by atoms with Crippen LogP contribution in [0.1, 0.15) is 6.92 Å². The maximum Gasteiger partial charge on any atom is 0.326 e. The summed E-state index contributed by atoms with van der Waals surface area (Å²) in [6.07, 6.45) is -0.261. The second-order valence-electron chi connectivity index (χ2n) is 2.13. The predicted octanol–water partition coefficient (Wildman–Crippen LogP) is 0.470. The largest absolute Gasteiger partial charge is 0.326 e. The molecule has 0 unspecified atom stereocenters. The third-order valence-corrected chi connectivity index (χ3v) is 2.72. The van der Waals surface area contributed by atoms with Gasteiger partial charge in [-0.2, -0.15) is 0 Å². The van der Waals surface area contributed by atoms with Crippen molar-refractivity contribution in [1.29, 1.82) is 0 Å². The van der Waals surface area contributed by atoms with Crippen LogP contribution in [0, 0.1) is 0 Å². The normalized spacial score (nSPS) is 12.4. The van der Waals surface area contributed by atoms with Gasteiger partial charge in [-0.05, 0) is 0 Å². The Morgan fingerprint density at radius 3 is 2.54 bits per heavy atom. The Balaban J connectivity index is 3.65. The zero-order chi connectivity index (χ0) is 10.3. The minimum Gasteiger partial charge on any atom is -0.324 e. The standard InChI is InChI=1S/C4H12NO6PS/c1-2-5(13-11-10-6)3-4-12(7,8)9/h6H,2-4H2,1H3,(H2,7,8,9). The lowest BCUT2D eigenvalue weighted by atomic mass is 10.7. The van der Waals surface area contributed by atoms with Crippen LogP contribution in [0.5, 0.6) is 0 Å². The summed E-state index contributed by atoms with van der Waals surface area (Å²) in [5.74, 6) is 0. The summed E-state index contributed by atoms with van der Waals surface area (Å²) in [6.45, 7) is 2.43. The van der Waals surface area contributed by atoms with Gasteiger partial charge in [0.25, 0.3) is 0 Å². The molecule has 0 heterocycles. The van der Waals surface area contributed by atoms with Gasteiger partial charge in [0.15, 0.2) is 0 Å². The maximum atomic E-state index is 10.5. The van der Waals surface area contributed by atoms with E-state index in [1.54, 1.807) is 6.92 Å². The summed E-state index contributed by atoms with van der Waals surface area (Å²) in [4.78, 5) is 17.1. The summed E-state index contributed by atoms with van der Waals surface area (Å²) in [6, 6.07) is 0. The van der Waals surface area contributed by atoms with E-state index in [-0.39, 0.29) is 12.7 Å². The van der Waals surface area contributed by atoms with Gasteiger partial charge in [-0.15, -0.1) is 4.33 Å². The molecule has 13 heavy (non-hydrogen) atoms. The smallest absolute Gasteiger partial charge is 0.324 e. The lowest BCUT2D eigenvalue weighted by Crippen LogP contribution is -2.19. The molecule has 0 saturated carbocycles. The average molecular weight is 233 g/mol. The fraction of sp³-hybridized carbons (Fsp3) is 1.00. The van der Waals surface area contributed by atoms with Gasteiger partial charge in [0.05, 0.1) is 6.16 Å².